The van der Waals surface area contributed by atoms with Gasteiger partial charge in [0.2, 0.25) is 0 Å². The number of rotatable bonds is 6. The van der Waals surface area contributed by atoms with Crippen LogP contribution in [0.1, 0.15) is 22.8 Å². The molecule has 0 aliphatic heterocycles. The van der Waals surface area contributed by atoms with Gasteiger partial charge < -0.3 is 10.4 Å². The highest BCUT2D eigenvalue weighted by Gasteiger charge is 2.15. The van der Waals surface area contributed by atoms with Crippen molar-refractivity contribution < 1.29 is 14.3 Å². The van der Waals surface area contributed by atoms with Crippen molar-refractivity contribution in [2.75, 3.05) is 11.1 Å². The van der Waals surface area contributed by atoms with Crippen molar-refractivity contribution in [3.63, 3.8) is 0 Å². The number of anilines is 1. The lowest BCUT2D eigenvalue weighted by Crippen LogP contribution is -2.08. The normalized spacial score (nSPS) is 10.4. The molecule has 5 heteroatoms. The Morgan fingerprint density at radius 3 is 2.57 bits per heavy atom. The largest absolute Gasteiger partial charge is 0.478 e. The number of benzene rings is 2. The predicted octanol–water partition coefficient (Wildman–Crippen LogP) is 4.25. The molecule has 2 rings (SSSR count). The number of hydrogen-bond acceptors (Lipinski definition) is 3. The molecule has 0 unspecified atom stereocenters. The highest BCUT2D eigenvalue weighted by atomic mass is 32.2. The fourth-order valence-corrected chi connectivity index (χ4v) is 2.80. The Kier molecular flexibility index (Phi) is 5.22. The summed E-state index contributed by atoms with van der Waals surface area (Å²) in [4.78, 5) is 12.2. The third-order valence-electron chi connectivity index (χ3n) is 2.94. The smallest absolute Gasteiger partial charge is 0.338 e. The van der Waals surface area contributed by atoms with E-state index in [-0.39, 0.29) is 11.4 Å². The monoisotopic (exact) mass is 305 g/mol. The van der Waals surface area contributed by atoms with Crippen molar-refractivity contribution >= 4 is 23.4 Å². The van der Waals surface area contributed by atoms with E-state index in [4.69, 9.17) is 0 Å². The van der Waals surface area contributed by atoms with Crippen LogP contribution < -0.4 is 5.32 Å². The predicted molar refractivity (Wildman–Crippen MR) is 83.5 cm³/mol. The van der Waals surface area contributed by atoms with Gasteiger partial charge in [0.05, 0.1) is 11.3 Å². The van der Waals surface area contributed by atoms with Gasteiger partial charge in [0.15, 0.2) is 0 Å². The van der Waals surface area contributed by atoms with Crippen molar-refractivity contribution in [3.8, 4) is 0 Å². The minimum absolute atomic E-state index is 0.284. The first kappa shape index (κ1) is 15.4. The molecule has 0 aromatic heterocycles. The van der Waals surface area contributed by atoms with Crippen LogP contribution in [0, 0.1) is 5.82 Å². The third-order valence-corrected chi connectivity index (χ3v) is 3.88. The van der Waals surface area contributed by atoms with Gasteiger partial charge in [0.25, 0.3) is 0 Å². The molecule has 0 saturated carbocycles. The molecule has 3 nitrogen and oxygen atoms in total. The first-order valence-electron chi connectivity index (χ1n) is 6.59. The van der Waals surface area contributed by atoms with Crippen LogP contribution in [0.25, 0.3) is 0 Å². The maximum absolute atomic E-state index is 12.9. The van der Waals surface area contributed by atoms with Gasteiger partial charge in [0, 0.05) is 11.4 Å². The number of hydrogen-bond donors (Lipinski definition) is 2. The molecule has 2 N–H and O–H groups in total. The topological polar surface area (TPSA) is 49.3 Å². The Morgan fingerprint density at radius 2 is 1.95 bits per heavy atom. The van der Waals surface area contributed by atoms with Crippen LogP contribution in [0.3, 0.4) is 0 Å². The number of carboxylic acids is 1. The number of carboxylic acid groups (broad SMARTS) is 1. The standard InChI is InChI=1S/C16H16FNO2S/c1-2-21-14-5-3-4-13(15(14)16(19)20)18-10-11-6-8-12(17)9-7-11/h3-9,18H,2,10H2,1H3,(H,19,20). The summed E-state index contributed by atoms with van der Waals surface area (Å²) in [6, 6.07) is 11.5. The van der Waals surface area contributed by atoms with E-state index >= 15 is 0 Å². The number of aromatic carboxylic acids is 1. The van der Waals surface area contributed by atoms with Gasteiger partial charge in [-0.3, -0.25) is 0 Å². The first-order chi connectivity index (χ1) is 10.1. The molecule has 0 amide bonds. The van der Waals surface area contributed by atoms with Gasteiger partial charge in [-0.1, -0.05) is 25.1 Å². The summed E-state index contributed by atoms with van der Waals surface area (Å²) in [7, 11) is 0. The molecule has 0 fully saturated rings. The number of carbonyl (C=O) groups is 1. The van der Waals surface area contributed by atoms with Crippen molar-refractivity contribution in [1.29, 1.82) is 0 Å². The Bertz CT molecular complexity index is 629. The van der Waals surface area contributed by atoms with Crippen LogP contribution in [0.5, 0.6) is 0 Å². The van der Waals surface area contributed by atoms with Gasteiger partial charge in [0.1, 0.15) is 5.82 Å². The summed E-state index contributed by atoms with van der Waals surface area (Å²) in [5.74, 6) is -0.429. The van der Waals surface area contributed by atoms with Gasteiger partial charge in [-0.2, -0.15) is 0 Å². The van der Waals surface area contributed by atoms with Crippen molar-refractivity contribution in [2.45, 2.75) is 18.4 Å². The summed E-state index contributed by atoms with van der Waals surface area (Å²) >= 11 is 1.50. The number of thioether (sulfide) groups is 1. The zero-order valence-electron chi connectivity index (χ0n) is 11.6. The van der Waals surface area contributed by atoms with Crippen LogP contribution in [-0.4, -0.2) is 16.8 Å². The lowest BCUT2D eigenvalue weighted by Gasteiger charge is -2.13. The average Bonchev–Trinajstić information content (AvgIpc) is 2.47. The van der Waals surface area contributed by atoms with Crippen LogP contribution in [-0.2, 0) is 6.54 Å². The Morgan fingerprint density at radius 1 is 1.24 bits per heavy atom. The Balaban J connectivity index is 2.21. The van der Waals surface area contributed by atoms with Gasteiger partial charge in [-0.05, 0) is 35.6 Å². The lowest BCUT2D eigenvalue weighted by atomic mass is 10.1. The minimum atomic E-state index is -0.951. The summed E-state index contributed by atoms with van der Waals surface area (Å²) < 4.78 is 12.9. The Hall–Kier alpha value is -2.01. The molecular formula is C16H16FNO2S. The lowest BCUT2D eigenvalue weighted by molar-refractivity contribution is 0.0694. The van der Waals surface area contributed by atoms with E-state index in [1.165, 1.54) is 23.9 Å². The summed E-state index contributed by atoms with van der Waals surface area (Å²) in [5, 5.41) is 12.5. The summed E-state index contributed by atoms with van der Waals surface area (Å²) in [5.41, 5.74) is 1.75. The molecular weight excluding hydrogens is 289 g/mol. The molecule has 0 bridgehead atoms. The molecule has 2 aromatic rings. The third kappa shape index (κ3) is 3.98. The molecule has 0 radical (unpaired) electrons. The fourth-order valence-electron chi connectivity index (χ4n) is 1.97. The minimum Gasteiger partial charge on any atom is -0.478 e. The van der Waals surface area contributed by atoms with Crippen molar-refractivity contribution in [1.82, 2.24) is 0 Å². The number of halogens is 1. The quantitative estimate of drug-likeness (QED) is 0.783. The van der Waals surface area contributed by atoms with E-state index in [1.54, 1.807) is 24.3 Å². The molecule has 0 aliphatic carbocycles. The molecule has 0 saturated heterocycles. The summed E-state index contributed by atoms with van der Waals surface area (Å²) in [6.45, 7) is 2.43. The van der Waals surface area contributed by atoms with E-state index in [0.717, 1.165) is 16.2 Å². The molecule has 110 valence electrons. The maximum Gasteiger partial charge on any atom is 0.338 e. The van der Waals surface area contributed by atoms with Gasteiger partial charge in [-0.25, -0.2) is 9.18 Å². The van der Waals surface area contributed by atoms with E-state index in [9.17, 15) is 14.3 Å². The van der Waals surface area contributed by atoms with Crippen LogP contribution >= 0.6 is 11.8 Å². The second-order valence-corrected chi connectivity index (χ2v) is 5.70. The first-order valence-corrected chi connectivity index (χ1v) is 7.57. The molecule has 21 heavy (non-hydrogen) atoms. The van der Waals surface area contributed by atoms with E-state index in [0.29, 0.717) is 12.2 Å². The molecule has 0 aliphatic rings. The second-order valence-electron chi connectivity index (χ2n) is 4.40. The highest BCUT2D eigenvalue weighted by molar-refractivity contribution is 7.99. The van der Waals surface area contributed by atoms with E-state index in [2.05, 4.69) is 5.32 Å². The molecule has 2 aromatic carbocycles. The maximum atomic E-state index is 12.9. The zero-order chi connectivity index (χ0) is 15.2. The van der Waals surface area contributed by atoms with Crippen molar-refractivity contribution in [2.24, 2.45) is 0 Å². The highest BCUT2D eigenvalue weighted by Crippen LogP contribution is 2.29. The van der Waals surface area contributed by atoms with Crippen molar-refractivity contribution in [3.05, 3.63) is 59.4 Å². The van der Waals surface area contributed by atoms with Crippen LogP contribution in [0.15, 0.2) is 47.4 Å². The average molecular weight is 305 g/mol. The molecule has 0 heterocycles. The SMILES string of the molecule is CCSc1cccc(NCc2ccc(F)cc2)c1C(=O)O. The molecule has 0 spiro atoms. The van der Waals surface area contributed by atoms with Crippen LogP contribution in [0.4, 0.5) is 10.1 Å². The number of nitrogens with one attached hydrogen (secondary N) is 1. The van der Waals surface area contributed by atoms with E-state index < -0.39 is 5.97 Å². The van der Waals surface area contributed by atoms with E-state index in [1.807, 2.05) is 13.0 Å². The van der Waals surface area contributed by atoms with Crippen LogP contribution in [0.2, 0.25) is 0 Å². The summed E-state index contributed by atoms with van der Waals surface area (Å²) in [6.07, 6.45) is 0. The van der Waals surface area contributed by atoms with Gasteiger partial charge in [-0.15, -0.1) is 11.8 Å². The zero-order valence-corrected chi connectivity index (χ0v) is 12.4. The second kappa shape index (κ2) is 7.13. The Labute approximate surface area is 127 Å². The molecule has 0 atom stereocenters. The fraction of sp³-hybridized carbons (Fsp3) is 0.188. The van der Waals surface area contributed by atoms with Gasteiger partial charge >= 0.3 is 5.97 Å².